The smallest absolute Gasteiger partial charge is 0.314 e. The van der Waals surface area contributed by atoms with E-state index in [0.717, 1.165) is 0 Å². The molecule has 94 valence electrons. The molecule has 2 rings (SSSR count). The van der Waals surface area contributed by atoms with Crippen LogP contribution in [0.2, 0.25) is 5.15 Å². The summed E-state index contributed by atoms with van der Waals surface area (Å²) in [6, 6.07) is 7.39. The Balaban J connectivity index is 2.44. The van der Waals surface area contributed by atoms with Crippen LogP contribution in [0, 0.1) is 0 Å². The van der Waals surface area contributed by atoms with Gasteiger partial charge >= 0.3 is 5.97 Å². The summed E-state index contributed by atoms with van der Waals surface area (Å²) in [7, 11) is 0. The van der Waals surface area contributed by atoms with Crippen molar-refractivity contribution in [2.75, 3.05) is 6.61 Å². The summed E-state index contributed by atoms with van der Waals surface area (Å²) >= 11 is 6.06. The van der Waals surface area contributed by atoms with E-state index in [1.165, 1.54) is 0 Å². The second-order valence-electron chi connectivity index (χ2n) is 3.86. The van der Waals surface area contributed by atoms with Crippen molar-refractivity contribution in [1.29, 1.82) is 0 Å². The number of halogens is 1. The summed E-state index contributed by atoms with van der Waals surface area (Å²) in [5, 5.41) is 0.245. The van der Waals surface area contributed by atoms with Gasteiger partial charge in [0, 0.05) is 0 Å². The number of ether oxygens (including phenoxy) is 1. The molecule has 0 amide bonds. The molecule has 1 aromatic heterocycles. The van der Waals surface area contributed by atoms with Crippen LogP contribution in [-0.4, -0.2) is 22.5 Å². The first-order valence-corrected chi connectivity index (χ1v) is 6.10. The largest absolute Gasteiger partial charge is 0.465 e. The Bertz CT molecular complexity index is 586. The highest BCUT2D eigenvalue weighted by atomic mass is 35.5. The third-order valence-electron chi connectivity index (χ3n) is 2.60. The Kier molecular flexibility index (Phi) is 3.77. The van der Waals surface area contributed by atoms with Crippen LogP contribution in [0.1, 0.15) is 25.5 Å². The van der Waals surface area contributed by atoms with Gasteiger partial charge < -0.3 is 4.74 Å². The lowest BCUT2D eigenvalue weighted by Gasteiger charge is -2.11. The molecule has 0 bridgehead atoms. The molecule has 0 aliphatic heterocycles. The number of aromatic nitrogens is 2. The first-order valence-electron chi connectivity index (χ1n) is 5.72. The van der Waals surface area contributed by atoms with Crippen molar-refractivity contribution in [3.05, 3.63) is 35.1 Å². The number of nitrogens with zero attached hydrogens (tertiary/aromatic N) is 2. The van der Waals surface area contributed by atoms with Crippen molar-refractivity contribution >= 4 is 28.6 Å². The van der Waals surface area contributed by atoms with Crippen molar-refractivity contribution in [3.8, 4) is 0 Å². The number of esters is 1. The third-order valence-corrected chi connectivity index (χ3v) is 2.88. The zero-order chi connectivity index (χ0) is 13.1. The highest BCUT2D eigenvalue weighted by Crippen LogP contribution is 2.24. The Hall–Kier alpha value is -1.68. The summed E-state index contributed by atoms with van der Waals surface area (Å²) < 4.78 is 4.96. The minimum atomic E-state index is -0.519. The van der Waals surface area contributed by atoms with E-state index in [1.807, 2.05) is 24.3 Å². The van der Waals surface area contributed by atoms with Gasteiger partial charge in [0.1, 0.15) is 0 Å². The molecule has 1 aromatic carbocycles. The summed E-state index contributed by atoms with van der Waals surface area (Å²) in [5.41, 5.74) is 1.88. The van der Waals surface area contributed by atoms with Crippen LogP contribution < -0.4 is 0 Å². The zero-order valence-electron chi connectivity index (χ0n) is 10.2. The molecular weight excluding hydrogens is 252 g/mol. The number of hydrogen-bond donors (Lipinski definition) is 0. The van der Waals surface area contributed by atoms with Gasteiger partial charge in [-0.05, 0) is 26.0 Å². The molecule has 0 saturated heterocycles. The lowest BCUT2D eigenvalue weighted by molar-refractivity contribution is -0.144. The fraction of sp³-hybridized carbons (Fsp3) is 0.308. The van der Waals surface area contributed by atoms with Gasteiger partial charge in [0.05, 0.1) is 29.3 Å². The second kappa shape index (κ2) is 5.31. The molecule has 0 aliphatic carbocycles. The monoisotopic (exact) mass is 264 g/mol. The fourth-order valence-corrected chi connectivity index (χ4v) is 1.94. The van der Waals surface area contributed by atoms with Crippen LogP contribution in [0.25, 0.3) is 11.0 Å². The second-order valence-corrected chi connectivity index (χ2v) is 4.22. The molecule has 0 aliphatic rings. The van der Waals surface area contributed by atoms with Crippen molar-refractivity contribution in [3.63, 3.8) is 0 Å². The number of fused-ring (bicyclic) bond motifs is 1. The summed E-state index contributed by atoms with van der Waals surface area (Å²) in [6.45, 7) is 3.81. The van der Waals surface area contributed by atoms with E-state index in [1.54, 1.807) is 13.8 Å². The molecular formula is C13H13ClN2O2. The van der Waals surface area contributed by atoms with Gasteiger partial charge in [0.25, 0.3) is 0 Å². The van der Waals surface area contributed by atoms with E-state index in [9.17, 15) is 4.79 Å². The van der Waals surface area contributed by atoms with E-state index in [2.05, 4.69) is 9.97 Å². The Labute approximate surface area is 110 Å². The van der Waals surface area contributed by atoms with Gasteiger partial charge in [-0.15, -0.1) is 0 Å². The summed E-state index contributed by atoms with van der Waals surface area (Å²) in [4.78, 5) is 20.3. The van der Waals surface area contributed by atoms with E-state index >= 15 is 0 Å². The molecule has 0 fully saturated rings. The van der Waals surface area contributed by atoms with Crippen molar-refractivity contribution in [2.45, 2.75) is 19.8 Å². The molecule has 5 heteroatoms. The van der Waals surface area contributed by atoms with E-state index in [-0.39, 0.29) is 11.1 Å². The number of carbonyl (C=O) groups excluding carboxylic acids is 1. The van der Waals surface area contributed by atoms with Crippen LogP contribution in [-0.2, 0) is 9.53 Å². The van der Waals surface area contributed by atoms with E-state index < -0.39 is 5.92 Å². The average molecular weight is 265 g/mol. The van der Waals surface area contributed by atoms with Crippen LogP contribution >= 0.6 is 11.6 Å². The van der Waals surface area contributed by atoms with Gasteiger partial charge in [-0.1, -0.05) is 23.7 Å². The molecule has 0 saturated carbocycles. The highest BCUT2D eigenvalue weighted by Gasteiger charge is 2.22. The van der Waals surface area contributed by atoms with Crippen molar-refractivity contribution < 1.29 is 9.53 Å². The van der Waals surface area contributed by atoms with E-state index in [0.29, 0.717) is 23.3 Å². The quantitative estimate of drug-likeness (QED) is 0.800. The predicted molar refractivity (Wildman–Crippen MR) is 69.6 cm³/mol. The summed E-state index contributed by atoms with van der Waals surface area (Å²) in [6.07, 6.45) is 0. The van der Waals surface area contributed by atoms with Crippen LogP contribution in [0.15, 0.2) is 24.3 Å². The fourth-order valence-electron chi connectivity index (χ4n) is 1.65. The molecule has 0 radical (unpaired) electrons. The maximum Gasteiger partial charge on any atom is 0.314 e. The highest BCUT2D eigenvalue weighted by molar-refractivity contribution is 6.30. The summed E-state index contributed by atoms with van der Waals surface area (Å²) in [5.74, 6) is -0.862. The minimum absolute atomic E-state index is 0.245. The molecule has 1 heterocycles. The van der Waals surface area contributed by atoms with Crippen molar-refractivity contribution in [1.82, 2.24) is 9.97 Å². The number of hydrogen-bond acceptors (Lipinski definition) is 4. The molecule has 2 aromatic rings. The number of carbonyl (C=O) groups is 1. The minimum Gasteiger partial charge on any atom is -0.465 e. The molecule has 4 nitrogen and oxygen atoms in total. The topological polar surface area (TPSA) is 52.1 Å². The van der Waals surface area contributed by atoms with Gasteiger partial charge in [-0.25, -0.2) is 9.97 Å². The maximum absolute atomic E-state index is 11.7. The standard InChI is InChI=1S/C13H13ClN2O2/c1-3-18-13(17)8(2)11-12(14)16-10-7-5-4-6-9(10)15-11/h4-8H,3H2,1-2H3. The van der Waals surface area contributed by atoms with E-state index in [4.69, 9.17) is 16.3 Å². The van der Waals surface area contributed by atoms with Gasteiger partial charge in [-0.2, -0.15) is 0 Å². The van der Waals surface area contributed by atoms with Crippen LogP contribution in [0.5, 0.6) is 0 Å². The van der Waals surface area contributed by atoms with Crippen molar-refractivity contribution in [2.24, 2.45) is 0 Å². The number of rotatable bonds is 3. The Morgan fingerprint density at radius 3 is 2.56 bits per heavy atom. The lowest BCUT2D eigenvalue weighted by atomic mass is 10.1. The normalized spacial score (nSPS) is 12.4. The third kappa shape index (κ3) is 2.43. The first-order chi connectivity index (χ1) is 8.63. The van der Waals surface area contributed by atoms with Crippen LogP contribution in [0.3, 0.4) is 0 Å². The Morgan fingerprint density at radius 2 is 1.94 bits per heavy atom. The number of para-hydroxylation sites is 2. The molecule has 0 N–H and O–H groups in total. The molecule has 1 atom stereocenters. The van der Waals surface area contributed by atoms with Gasteiger partial charge in [0.2, 0.25) is 0 Å². The van der Waals surface area contributed by atoms with Gasteiger partial charge in [-0.3, -0.25) is 4.79 Å². The molecule has 0 spiro atoms. The molecule has 18 heavy (non-hydrogen) atoms. The average Bonchev–Trinajstić information content (AvgIpc) is 2.37. The van der Waals surface area contributed by atoms with Gasteiger partial charge in [0.15, 0.2) is 5.15 Å². The lowest BCUT2D eigenvalue weighted by Crippen LogP contribution is -2.15. The SMILES string of the molecule is CCOC(=O)C(C)c1nc2ccccc2nc1Cl. The zero-order valence-corrected chi connectivity index (χ0v) is 10.9. The molecule has 1 unspecified atom stereocenters. The number of benzene rings is 1. The van der Waals surface area contributed by atoms with Crippen LogP contribution in [0.4, 0.5) is 0 Å². The Morgan fingerprint density at radius 1 is 1.33 bits per heavy atom. The first kappa shape index (κ1) is 12.8. The maximum atomic E-state index is 11.7. The predicted octanol–water partition coefficient (Wildman–Crippen LogP) is 2.95.